The van der Waals surface area contributed by atoms with Crippen LogP contribution in [0.3, 0.4) is 0 Å². The molecule has 59 heavy (non-hydrogen) atoms. The highest BCUT2D eigenvalue weighted by Gasteiger charge is 2.37. The quantitative estimate of drug-likeness (QED) is 0.163. The minimum atomic E-state index is -0.249. The van der Waals surface area contributed by atoms with Gasteiger partial charge in [0.1, 0.15) is 0 Å². The molecule has 0 saturated heterocycles. The summed E-state index contributed by atoms with van der Waals surface area (Å²) in [5.74, 6) is 0. The summed E-state index contributed by atoms with van der Waals surface area (Å²) in [6.07, 6.45) is 0. The highest BCUT2D eigenvalue weighted by molar-refractivity contribution is 6.10. The molecule has 0 spiro atoms. The number of benzene rings is 9. The topological polar surface area (TPSA) is 3.24 Å². The molecule has 2 aliphatic carbocycles. The van der Waals surface area contributed by atoms with Crippen LogP contribution in [0.15, 0.2) is 200 Å². The third-order valence-corrected chi connectivity index (χ3v) is 13.2. The van der Waals surface area contributed by atoms with Gasteiger partial charge in [0, 0.05) is 27.9 Å². The average molecular weight is 756 g/mol. The van der Waals surface area contributed by atoms with E-state index < -0.39 is 0 Å². The maximum atomic E-state index is 2.48. The molecule has 0 radical (unpaired) electrons. The highest BCUT2D eigenvalue weighted by Crippen LogP contribution is 2.55. The molecular weight excluding hydrogens is 711 g/mol. The molecule has 11 rings (SSSR count). The molecule has 0 aliphatic heterocycles. The molecule has 0 heterocycles. The smallest absolute Gasteiger partial charge is 0.0465 e. The van der Waals surface area contributed by atoms with E-state index in [-0.39, 0.29) is 10.8 Å². The lowest BCUT2D eigenvalue weighted by Gasteiger charge is -2.37. The predicted octanol–water partition coefficient (Wildman–Crippen LogP) is 15.9. The molecule has 0 aromatic heterocycles. The van der Waals surface area contributed by atoms with Gasteiger partial charge in [-0.2, -0.15) is 0 Å². The fraction of sp³-hybridized carbons (Fsp3) is 0.103. The van der Waals surface area contributed by atoms with E-state index in [0.717, 1.165) is 11.4 Å². The average Bonchev–Trinajstić information content (AvgIpc) is 3.51. The Morgan fingerprint density at radius 2 is 0.797 bits per heavy atom. The summed E-state index contributed by atoms with van der Waals surface area (Å²) in [5, 5.41) is 2.63. The van der Waals surface area contributed by atoms with E-state index in [9.17, 15) is 0 Å². The van der Waals surface area contributed by atoms with Crippen LogP contribution in [-0.4, -0.2) is 0 Å². The predicted molar refractivity (Wildman–Crippen MR) is 250 cm³/mol. The molecule has 0 atom stereocenters. The van der Waals surface area contributed by atoms with Gasteiger partial charge in [0.25, 0.3) is 0 Å². The van der Waals surface area contributed by atoms with Gasteiger partial charge in [0.05, 0.1) is 0 Å². The maximum Gasteiger partial charge on any atom is 0.0465 e. The lowest BCUT2D eigenvalue weighted by atomic mass is 9.67. The Bertz CT molecular complexity index is 3020. The molecule has 9 aromatic rings. The van der Waals surface area contributed by atoms with E-state index >= 15 is 0 Å². The van der Waals surface area contributed by atoms with Crippen molar-refractivity contribution in [2.24, 2.45) is 0 Å². The van der Waals surface area contributed by atoms with Crippen LogP contribution in [0.1, 0.15) is 49.9 Å². The molecule has 0 unspecified atom stereocenters. The van der Waals surface area contributed by atoms with Crippen molar-refractivity contribution in [3.63, 3.8) is 0 Å². The zero-order valence-corrected chi connectivity index (χ0v) is 34.0. The number of anilines is 3. The molecule has 0 bridgehead atoms. The Balaban J connectivity index is 1.13. The van der Waals surface area contributed by atoms with Crippen LogP contribution in [0.2, 0.25) is 0 Å². The first-order chi connectivity index (χ1) is 28.8. The summed E-state index contributed by atoms with van der Waals surface area (Å²) >= 11 is 0. The standard InChI is InChI=1S/C58H45N/c1-57(2)51-25-15-14-24-48(51)49-31-28-45(36-53(49)57)59(44-22-12-7-13-23-44)46-29-32-50-54(37-46)58(3,4)52-26-16-21-40-27-30-47(56(50)55(40)52)43-34-41(38-17-8-5-9-18-38)33-42(35-43)39-19-10-6-11-20-39/h5-37H,1-4H3. The van der Waals surface area contributed by atoms with Gasteiger partial charge in [-0.3, -0.25) is 0 Å². The molecule has 0 fully saturated rings. The summed E-state index contributed by atoms with van der Waals surface area (Å²) < 4.78 is 0. The Hall–Kier alpha value is -6.96. The van der Waals surface area contributed by atoms with Crippen LogP contribution in [0.4, 0.5) is 17.1 Å². The van der Waals surface area contributed by atoms with Gasteiger partial charge in [0.15, 0.2) is 0 Å². The zero-order valence-electron chi connectivity index (χ0n) is 34.0. The van der Waals surface area contributed by atoms with Gasteiger partial charge in [-0.1, -0.05) is 173 Å². The second-order valence-electron chi connectivity index (χ2n) is 17.3. The van der Waals surface area contributed by atoms with Crippen LogP contribution in [0.5, 0.6) is 0 Å². The van der Waals surface area contributed by atoms with Crippen LogP contribution in [-0.2, 0) is 10.8 Å². The van der Waals surface area contributed by atoms with Gasteiger partial charge >= 0.3 is 0 Å². The van der Waals surface area contributed by atoms with Crippen molar-refractivity contribution < 1.29 is 0 Å². The first kappa shape index (κ1) is 35.2. The van der Waals surface area contributed by atoms with Crippen molar-refractivity contribution in [2.45, 2.75) is 38.5 Å². The van der Waals surface area contributed by atoms with Crippen LogP contribution in [0.25, 0.3) is 66.4 Å². The molecule has 9 aromatic carbocycles. The van der Waals surface area contributed by atoms with Gasteiger partial charge in [-0.15, -0.1) is 0 Å². The van der Waals surface area contributed by atoms with Crippen LogP contribution >= 0.6 is 0 Å². The van der Waals surface area contributed by atoms with Gasteiger partial charge < -0.3 is 4.90 Å². The molecule has 0 amide bonds. The van der Waals surface area contributed by atoms with Gasteiger partial charge in [-0.25, -0.2) is 0 Å². The Kier molecular flexibility index (Phi) is 7.94. The summed E-state index contributed by atoms with van der Waals surface area (Å²) in [6.45, 7) is 9.55. The second kappa shape index (κ2) is 13.3. The SMILES string of the molecule is CC1(C)c2ccccc2-c2ccc(N(c3ccccc3)c3ccc4c(c3)C(C)(C)c3cccc5ccc(-c6cc(-c7ccccc7)cc(-c7ccccc7)c6)c-4c35)cc21. The zero-order chi connectivity index (χ0) is 39.9. The largest absolute Gasteiger partial charge is 0.310 e. The van der Waals surface area contributed by atoms with E-state index in [0.29, 0.717) is 0 Å². The summed E-state index contributed by atoms with van der Waals surface area (Å²) in [4.78, 5) is 2.45. The normalized spacial score (nSPS) is 14.0. The van der Waals surface area contributed by atoms with Crippen LogP contribution in [0, 0.1) is 0 Å². The van der Waals surface area contributed by atoms with Crippen molar-refractivity contribution in [1.29, 1.82) is 0 Å². The Labute approximate surface area is 347 Å². The van der Waals surface area contributed by atoms with E-state index in [1.54, 1.807) is 0 Å². The van der Waals surface area contributed by atoms with Crippen LogP contribution < -0.4 is 4.90 Å². The summed E-state index contributed by atoms with van der Waals surface area (Å²) in [7, 11) is 0. The first-order valence-electron chi connectivity index (χ1n) is 20.8. The fourth-order valence-corrected chi connectivity index (χ4v) is 10.2. The van der Waals surface area contributed by atoms with Crippen molar-refractivity contribution in [2.75, 3.05) is 4.90 Å². The number of fused-ring (bicyclic) bond motifs is 5. The Morgan fingerprint density at radius 3 is 1.46 bits per heavy atom. The third-order valence-electron chi connectivity index (χ3n) is 13.2. The number of para-hydroxylation sites is 1. The van der Waals surface area contributed by atoms with Gasteiger partial charge in [-0.05, 0) is 143 Å². The lowest BCUT2D eigenvalue weighted by Crippen LogP contribution is -2.24. The van der Waals surface area contributed by atoms with E-state index in [1.165, 1.54) is 94.3 Å². The van der Waals surface area contributed by atoms with Crippen molar-refractivity contribution >= 4 is 27.8 Å². The highest BCUT2D eigenvalue weighted by atomic mass is 15.1. The van der Waals surface area contributed by atoms with Crippen molar-refractivity contribution in [3.05, 3.63) is 222 Å². The maximum absolute atomic E-state index is 2.48. The number of nitrogens with zero attached hydrogens (tertiary/aromatic N) is 1. The molecule has 2 aliphatic rings. The summed E-state index contributed by atoms with van der Waals surface area (Å²) in [5.41, 5.74) is 21.2. The Morgan fingerprint density at radius 1 is 0.305 bits per heavy atom. The third kappa shape index (κ3) is 5.53. The van der Waals surface area contributed by atoms with E-state index in [4.69, 9.17) is 0 Å². The number of hydrogen-bond donors (Lipinski definition) is 0. The molecule has 1 nitrogen and oxygen atoms in total. The van der Waals surface area contributed by atoms with E-state index in [2.05, 4.69) is 233 Å². The minimum Gasteiger partial charge on any atom is -0.310 e. The van der Waals surface area contributed by atoms with Gasteiger partial charge in [0.2, 0.25) is 0 Å². The van der Waals surface area contributed by atoms with Crippen molar-refractivity contribution in [1.82, 2.24) is 0 Å². The molecule has 1 heteroatoms. The number of hydrogen-bond acceptors (Lipinski definition) is 1. The molecule has 0 saturated carbocycles. The molecular formula is C58H45N. The summed E-state index contributed by atoms with van der Waals surface area (Å²) in [6, 6.07) is 74.4. The molecule has 0 N–H and O–H groups in total. The number of rotatable bonds is 6. The monoisotopic (exact) mass is 755 g/mol. The molecule has 282 valence electrons. The minimum absolute atomic E-state index is 0.0981. The van der Waals surface area contributed by atoms with Crippen molar-refractivity contribution in [3.8, 4) is 55.6 Å². The lowest BCUT2D eigenvalue weighted by molar-refractivity contribution is 0.645. The van der Waals surface area contributed by atoms with E-state index in [1.807, 2.05) is 0 Å². The fourth-order valence-electron chi connectivity index (χ4n) is 10.2. The second-order valence-corrected chi connectivity index (χ2v) is 17.3. The first-order valence-corrected chi connectivity index (χ1v) is 20.8.